The van der Waals surface area contributed by atoms with Gasteiger partial charge in [-0.15, -0.1) is 0 Å². The molecule has 118 valence electrons. The van der Waals surface area contributed by atoms with Crippen LogP contribution >= 0.6 is 0 Å². The van der Waals surface area contributed by atoms with Gasteiger partial charge in [0.1, 0.15) is 5.75 Å². The number of halogens is 1. The number of aromatic nitrogens is 1. The van der Waals surface area contributed by atoms with Crippen LogP contribution in [0, 0.1) is 31.0 Å². The first-order valence-corrected chi connectivity index (χ1v) is 6.94. The number of carbonyl (C=O) groups excluding carboxylic acids is 1. The van der Waals surface area contributed by atoms with E-state index in [-0.39, 0.29) is 18.0 Å². The van der Waals surface area contributed by atoms with Crippen molar-refractivity contribution in [1.82, 2.24) is 10.3 Å². The highest BCUT2D eigenvalue weighted by Crippen LogP contribution is 2.17. The molecule has 0 spiro atoms. The van der Waals surface area contributed by atoms with E-state index in [4.69, 9.17) is 10.00 Å². The van der Waals surface area contributed by atoms with E-state index in [0.29, 0.717) is 5.56 Å². The summed E-state index contributed by atoms with van der Waals surface area (Å²) in [5.74, 6) is -1.10. The van der Waals surface area contributed by atoms with Gasteiger partial charge >= 0.3 is 0 Å². The molecule has 5 nitrogen and oxygen atoms in total. The number of nitrogens with one attached hydrogen (secondary N) is 1. The number of hydrogen-bond donors (Lipinski definition) is 1. The van der Waals surface area contributed by atoms with Gasteiger partial charge in [-0.2, -0.15) is 5.26 Å². The van der Waals surface area contributed by atoms with E-state index in [2.05, 4.69) is 16.4 Å². The van der Waals surface area contributed by atoms with Crippen molar-refractivity contribution < 1.29 is 13.9 Å². The van der Waals surface area contributed by atoms with Crippen LogP contribution in [0.1, 0.15) is 32.7 Å². The first-order valence-electron chi connectivity index (χ1n) is 6.94. The van der Waals surface area contributed by atoms with Gasteiger partial charge < -0.3 is 10.1 Å². The van der Waals surface area contributed by atoms with Gasteiger partial charge in [0.15, 0.2) is 11.5 Å². The summed E-state index contributed by atoms with van der Waals surface area (Å²) in [4.78, 5) is 15.9. The monoisotopic (exact) mass is 313 g/mol. The first kappa shape index (κ1) is 16.4. The lowest BCUT2D eigenvalue weighted by atomic mass is 9.99. The zero-order chi connectivity index (χ0) is 17.0. The Morgan fingerprint density at radius 1 is 1.35 bits per heavy atom. The first-order chi connectivity index (χ1) is 11.0. The highest BCUT2D eigenvalue weighted by molar-refractivity contribution is 5.92. The summed E-state index contributed by atoms with van der Waals surface area (Å²) in [6.45, 7) is 3.96. The Hall–Kier alpha value is -2.94. The van der Waals surface area contributed by atoms with Crippen LogP contribution in [0.25, 0.3) is 0 Å². The second kappa shape index (κ2) is 6.88. The lowest BCUT2D eigenvalue weighted by Gasteiger charge is -2.12. The predicted molar refractivity (Wildman–Crippen MR) is 82.5 cm³/mol. The number of hydrogen-bond acceptors (Lipinski definition) is 4. The minimum Gasteiger partial charge on any atom is -0.495 e. The second-order valence-corrected chi connectivity index (χ2v) is 5.09. The van der Waals surface area contributed by atoms with Crippen molar-refractivity contribution in [3.63, 3.8) is 0 Å². The third-order valence-electron chi connectivity index (χ3n) is 3.52. The minimum absolute atomic E-state index is 0.232. The molecule has 1 N–H and O–H groups in total. The summed E-state index contributed by atoms with van der Waals surface area (Å²) < 4.78 is 18.7. The Kier molecular flexibility index (Phi) is 4.91. The molecule has 1 heterocycles. The Balaban J connectivity index is 2.15. The molecule has 2 aromatic rings. The molecular weight excluding hydrogens is 297 g/mol. The number of nitrogens with zero attached hydrogens (tertiary/aromatic N) is 2. The number of ether oxygens (including phenoxy) is 1. The van der Waals surface area contributed by atoms with E-state index in [0.717, 1.165) is 22.8 Å². The summed E-state index contributed by atoms with van der Waals surface area (Å²) in [6.07, 6.45) is 1.29. The lowest BCUT2D eigenvalue weighted by molar-refractivity contribution is 0.0941. The molecule has 0 fully saturated rings. The van der Waals surface area contributed by atoms with Crippen molar-refractivity contribution in [2.24, 2.45) is 0 Å². The Labute approximate surface area is 133 Å². The van der Waals surface area contributed by atoms with Gasteiger partial charge in [-0.3, -0.25) is 4.79 Å². The fourth-order valence-electron chi connectivity index (χ4n) is 2.29. The number of amides is 1. The van der Waals surface area contributed by atoms with Gasteiger partial charge in [0.05, 0.1) is 24.9 Å². The largest absolute Gasteiger partial charge is 0.495 e. The van der Waals surface area contributed by atoms with Crippen LogP contribution in [-0.4, -0.2) is 18.0 Å². The van der Waals surface area contributed by atoms with Crippen LogP contribution in [0.3, 0.4) is 0 Å². The maximum atomic E-state index is 13.8. The maximum Gasteiger partial charge on any atom is 0.273 e. The quantitative estimate of drug-likeness (QED) is 0.941. The molecule has 1 aromatic heterocycles. The van der Waals surface area contributed by atoms with Gasteiger partial charge in [0, 0.05) is 12.6 Å². The van der Waals surface area contributed by atoms with Crippen LogP contribution in [0.15, 0.2) is 24.4 Å². The number of aryl methyl sites for hydroxylation is 2. The average Bonchev–Trinajstić information content (AvgIpc) is 2.53. The van der Waals surface area contributed by atoms with Crippen LogP contribution in [-0.2, 0) is 6.54 Å². The molecule has 0 bridgehead atoms. The summed E-state index contributed by atoms with van der Waals surface area (Å²) in [7, 11) is 1.40. The van der Waals surface area contributed by atoms with Crippen molar-refractivity contribution >= 4 is 5.91 Å². The fraction of sp³-hybridized carbons (Fsp3) is 0.235. The minimum atomic E-state index is -0.741. The molecule has 2 rings (SSSR count). The molecule has 0 radical (unpaired) electrons. The Morgan fingerprint density at radius 3 is 2.52 bits per heavy atom. The topological polar surface area (TPSA) is 75.0 Å². The second-order valence-electron chi connectivity index (χ2n) is 5.09. The Morgan fingerprint density at radius 2 is 2.00 bits per heavy atom. The maximum absolute atomic E-state index is 13.8. The molecule has 6 heteroatoms. The number of rotatable bonds is 4. The standard InChI is InChI=1S/C17H16FN3O2/c1-10-4-12(7-19)5-11(2)14(10)9-21-17(22)16-15(18)6-13(23-3)8-20-16/h4-6,8H,9H2,1-3H3,(H,21,22). The van der Waals surface area contributed by atoms with Gasteiger partial charge in [0.25, 0.3) is 5.91 Å². The third kappa shape index (κ3) is 3.64. The summed E-state index contributed by atoms with van der Waals surface area (Å²) in [5, 5.41) is 11.6. The van der Waals surface area contributed by atoms with Gasteiger partial charge in [-0.25, -0.2) is 9.37 Å². The zero-order valence-corrected chi connectivity index (χ0v) is 13.1. The third-order valence-corrected chi connectivity index (χ3v) is 3.52. The molecule has 0 atom stereocenters. The SMILES string of the molecule is COc1cnc(C(=O)NCc2c(C)cc(C#N)cc2C)c(F)c1. The highest BCUT2D eigenvalue weighted by Gasteiger charge is 2.15. The van der Waals surface area contributed by atoms with Crippen LogP contribution in [0.2, 0.25) is 0 Å². The normalized spacial score (nSPS) is 10.0. The average molecular weight is 313 g/mol. The van der Waals surface area contributed by atoms with Crippen molar-refractivity contribution in [2.75, 3.05) is 7.11 Å². The van der Waals surface area contributed by atoms with Crippen molar-refractivity contribution in [3.8, 4) is 11.8 Å². The number of pyridine rings is 1. The Bertz CT molecular complexity index is 774. The van der Waals surface area contributed by atoms with Crippen molar-refractivity contribution in [1.29, 1.82) is 5.26 Å². The predicted octanol–water partition coefficient (Wildman–Crippen LogP) is 2.65. The number of nitriles is 1. The van der Waals surface area contributed by atoms with Crippen LogP contribution < -0.4 is 10.1 Å². The summed E-state index contributed by atoms with van der Waals surface area (Å²) >= 11 is 0. The molecule has 0 saturated carbocycles. The molecule has 0 aliphatic heterocycles. The molecule has 0 unspecified atom stereocenters. The fourth-order valence-corrected chi connectivity index (χ4v) is 2.29. The van der Waals surface area contributed by atoms with Crippen LogP contribution in [0.5, 0.6) is 5.75 Å². The van der Waals surface area contributed by atoms with E-state index in [1.807, 2.05) is 13.8 Å². The van der Waals surface area contributed by atoms with E-state index >= 15 is 0 Å². The number of benzene rings is 1. The molecule has 0 saturated heterocycles. The summed E-state index contributed by atoms with van der Waals surface area (Å²) in [6, 6.07) is 6.70. The molecule has 0 aliphatic carbocycles. The summed E-state index contributed by atoms with van der Waals surface area (Å²) in [5.41, 5.74) is 2.97. The van der Waals surface area contributed by atoms with Gasteiger partial charge in [-0.1, -0.05) is 0 Å². The number of methoxy groups -OCH3 is 1. The van der Waals surface area contributed by atoms with Crippen molar-refractivity contribution in [3.05, 3.63) is 58.2 Å². The van der Waals surface area contributed by atoms with E-state index in [9.17, 15) is 9.18 Å². The molecule has 23 heavy (non-hydrogen) atoms. The lowest BCUT2D eigenvalue weighted by Crippen LogP contribution is -2.25. The van der Waals surface area contributed by atoms with E-state index in [1.54, 1.807) is 12.1 Å². The van der Waals surface area contributed by atoms with Crippen molar-refractivity contribution in [2.45, 2.75) is 20.4 Å². The van der Waals surface area contributed by atoms with E-state index < -0.39 is 11.7 Å². The molecule has 1 aromatic carbocycles. The molecule has 0 aliphatic rings. The zero-order valence-electron chi connectivity index (χ0n) is 13.1. The number of carbonyl (C=O) groups is 1. The van der Waals surface area contributed by atoms with Crippen LogP contribution in [0.4, 0.5) is 4.39 Å². The molecule has 1 amide bonds. The van der Waals surface area contributed by atoms with E-state index in [1.165, 1.54) is 13.3 Å². The molecular formula is C17H16FN3O2. The highest BCUT2D eigenvalue weighted by atomic mass is 19.1. The van der Waals surface area contributed by atoms with Gasteiger partial charge in [0.2, 0.25) is 0 Å². The van der Waals surface area contributed by atoms with Gasteiger partial charge in [-0.05, 0) is 42.7 Å². The smallest absolute Gasteiger partial charge is 0.273 e.